The average Bonchev–Trinajstić information content (AvgIpc) is 2.95. The van der Waals surface area contributed by atoms with Crippen LogP contribution in [-0.2, 0) is 9.53 Å². The zero-order valence-corrected chi connectivity index (χ0v) is 9.84. The number of ether oxygens (including phenoxy) is 1. The van der Waals surface area contributed by atoms with E-state index < -0.39 is 0 Å². The van der Waals surface area contributed by atoms with Crippen molar-refractivity contribution in [2.24, 2.45) is 0 Å². The molecule has 4 heteroatoms. The highest BCUT2D eigenvalue weighted by Crippen LogP contribution is 2.18. The zero-order valence-electron chi connectivity index (χ0n) is 9.84. The summed E-state index contributed by atoms with van der Waals surface area (Å²) >= 11 is 0. The van der Waals surface area contributed by atoms with E-state index in [0.29, 0.717) is 6.42 Å². The molecule has 1 heterocycles. The first-order valence-corrected chi connectivity index (χ1v) is 6.46. The van der Waals surface area contributed by atoms with Crippen molar-refractivity contribution in [3.05, 3.63) is 0 Å². The average molecular weight is 226 g/mol. The number of nitrogens with one attached hydrogen (secondary N) is 2. The molecule has 1 aliphatic heterocycles. The topological polar surface area (TPSA) is 50.4 Å². The molecule has 1 atom stereocenters. The second-order valence-corrected chi connectivity index (χ2v) is 4.77. The Balaban J connectivity index is 1.43. The molecular weight excluding hydrogens is 204 g/mol. The van der Waals surface area contributed by atoms with Crippen molar-refractivity contribution < 1.29 is 9.53 Å². The summed E-state index contributed by atoms with van der Waals surface area (Å²) < 4.78 is 5.42. The molecule has 1 amide bonds. The molecule has 1 saturated carbocycles. The Kier molecular flexibility index (Phi) is 4.60. The van der Waals surface area contributed by atoms with Gasteiger partial charge in [-0.25, -0.2) is 0 Å². The van der Waals surface area contributed by atoms with E-state index in [0.717, 1.165) is 45.0 Å². The van der Waals surface area contributed by atoms with Crippen molar-refractivity contribution in [1.82, 2.24) is 10.6 Å². The van der Waals surface area contributed by atoms with Crippen molar-refractivity contribution in [2.75, 3.05) is 19.7 Å². The molecule has 0 aromatic heterocycles. The van der Waals surface area contributed by atoms with Crippen LogP contribution in [0, 0.1) is 0 Å². The lowest BCUT2D eigenvalue weighted by Gasteiger charge is -2.09. The van der Waals surface area contributed by atoms with Gasteiger partial charge >= 0.3 is 0 Å². The van der Waals surface area contributed by atoms with E-state index in [1.165, 1.54) is 12.8 Å². The summed E-state index contributed by atoms with van der Waals surface area (Å²) in [7, 11) is 0. The number of hydrogen-bond donors (Lipinski definition) is 2. The second-order valence-electron chi connectivity index (χ2n) is 4.77. The molecule has 0 spiro atoms. The number of carbonyl (C=O) groups is 1. The molecule has 2 aliphatic rings. The predicted octanol–water partition coefficient (Wildman–Crippen LogP) is 0.814. The number of rotatable bonds is 7. The van der Waals surface area contributed by atoms with Crippen molar-refractivity contribution in [1.29, 1.82) is 0 Å². The molecule has 4 nitrogen and oxygen atoms in total. The molecule has 1 unspecified atom stereocenters. The van der Waals surface area contributed by atoms with Gasteiger partial charge in [-0.15, -0.1) is 0 Å². The maximum atomic E-state index is 11.5. The molecule has 2 N–H and O–H groups in total. The standard InChI is InChI=1S/C12H22N2O2/c15-12(9-11-3-1-8-16-11)14-7-2-6-13-10-4-5-10/h10-11,13H,1-9H2,(H,14,15). The van der Waals surface area contributed by atoms with Crippen molar-refractivity contribution in [3.63, 3.8) is 0 Å². The van der Waals surface area contributed by atoms with E-state index in [2.05, 4.69) is 10.6 Å². The van der Waals surface area contributed by atoms with E-state index >= 15 is 0 Å². The normalized spacial score (nSPS) is 24.6. The summed E-state index contributed by atoms with van der Waals surface area (Å²) in [6.45, 7) is 2.62. The molecule has 0 bridgehead atoms. The first-order chi connectivity index (χ1) is 7.84. The van der Waals surface area contributed by atoms with Gasteiger partial charge in [-0.2, -0.15) is 0 Å². The fourth-order valence-corrected chi connectivity index (χ4v) is 1.99. The Morgan fingerprint density at radius 2 is 2.12 bits per heavy atom. The van der Waals surface area contributed by atoms with E-state index in [-0.39, 0.29) is 12.0 Å². The minimum Gasteiger partial charge on any atom is -0.378 e. The summed E-state index contributed by atoms with van der Waals surface area (Å²) in [5, 5.41) is 6.37. The third-order valence-electron chi connectivity index (χ3n) is 3.12. The van der Waals surface area contributed by atoms with E-state index in [1.807, 2.05) is 0 Å². The van der Waals surface area contributed by atoms with Crippen LogP contribution in [0.1, 0.15) is 38.5 Å². The Bertz CT molecular complexity index is 223. The molecule has 92 valence electrons. The first-order valence-electron chi connectivity index (χ1n) is 6.46. The lowest BCUT2D eigenvalue weighted by Crippen LogP contribution is -2.30. The van der Waals surface area contributed by atoms with Gasteiger partial charge in [0.2, 0.25) is 5.91 Å². The van der Waals surface area contributed by atoms with Crippen molar-refractivity contribution >= 4 is 5.91 Å². The minimum absolute atomic E-state index is 0.137. The van der Waals surface area contributed by atoms with Crippen LogP contribution in [0.2, 0.25) is 0 Å². The van der Waals surface area contributed by atoms with Crippen LogP contribution in [-0.4, -0.2) is 37.7 Å². The first kappa shape index (κ1) is 11.9. The van der Waals surface area contributed by atoms with E-state index in [1.54, 1.807) is 0 Å². The van der Waals surface area contributed by atoms with Gasteiger partial charge in [0, 0.05) is 19.2 Å². The molecule has 0 aromatic rings. The van der Waals surface area contributed by atoms with Crippen LogP contribution in [0.5, 0.6) is 0 Å². The van der Waals surface area contributed by atoms with Gasteiger partial charge in [0.25, 0.3) is 0 Å². The third kappa shape index (κ3) is 4.49. The fourth-order valence-electron chi connectivity index (χ4n) is 1.99. The number of carbonyl (C=O) groups excluding carboxylic acids is 1. The highest BCUT2D eigenvalue weighted by molar-refractivity contribution is 5.76. The van der Waals surface area contributed by atoms with Gasteiger partial charge in [-0.1, -0.05) is 0 Å². The highest BCUT2D eigenvalue weighted by Gasteiger charge is 2.20. The lowest BCUT2D eigenvalue weighted by molar-refractivity contribution is -0.123. The molecule has 2 fully saturated rings. The Morgan fingerprint density at radius 3 is 2.81 bits per heavy atom. The monoisotopic (exact) mass is 226 g/mol. The van der Waals surface area contributed by atoms with Crippen LogP contribution in [0.4, 0.5) is 0 Å². The molecule has 1 aliphatic carbocycles. The SMILES string of the molecule is O=C(CC1CCCO1)NCCCNC1CC1. The quantitative estimate of drug-likeness (QED) is 0.632. The summed E-state index contributed by atoms with van der Waals surface area (Å²) in [4.78, 5) is 11.5. The predicted molar refractivity (Wildman–Crippen MR) is 62.2 cm³/mol. The van der Waals surface area contributed by atoms with Gasteiger partial charge in [-0.3, -0.25) is 4.79 Å². The van der Waals surface area contributed by atoms with Crippen LogP contribution in [0.15, 0.2) is 0 Å². The number of hydrogen-bond acceptors (Lipinski definition) is 3. The second kappa shape index (κ2) is 6.21. The van der Waals surface area contributed by atoms with Crippen LogP contribution < -0.4 is 10.6 Å². The van der Waals surface area contributed by atoms with Gasteiger partial charge in [0.15, 0.2) is 0 Å². The van der Waals surface area contributed by atoms with Gasteiger partial charge < -0.3 is 15.4 Å². The summed E-state index contributed by atoms with van der Waals surface area (Å²) in [6.07, 6.45) is 6.52. The van der Waals surface area contributed by atoms with Gasteiger partial charge in [0.05, 0.1) is 12.5 Å². The van der Waals surface area contributed by atoms with E-state index in [9.17, 15) is 4.79 Å². The molecule has 2 rings (SSSR count). The van der Waals surface area contributed by atoms with Crippen LogP contribution in [0.25, 0.3) is 0 Å². The van der Waals surface area contributed by atoms with Crippen LogP contribution >= 0.6 is 0 Å². The molecule has 1 saturated heterocycles. The Morgan fingerprint density at radius 1 is 1.25 bits per heavy atom. The fraction of sp³-hybridized carbons (Fsp3) is 0.917. The van der Waals surface area contributed by atoms with Gasteiger partial charge in [-0.05, 0) is 38.6 Å². The zero-order chi connectivity index (χ0) is 11.2. The van der Waals surface area contributed by atoms with Crippen molar-refractivity contribution in [3.8, 4) is 0 Å². The van der Waals surface area contributed by atoms with E-state index in [4.69, 9.17) is 4.74 Å². The maximum absolute atomic E-state index is 11.5. The summed E-state index contributed by atoms with van der Waals surface area (Å²) in [5.41, 5.74) is 0. The summed E-state index contributed by atoms with van der Waals surface area (Å²) in [5.74, 6) is 0.137. The Hall–Kier alpha value is -0.610. The smallest absolute Gasteiger partial charge is 0.222 e. The minimum atomic E-state index is 0.137. The third-order valence-corrected chi connectivity index (χ3v) is 3.12. The molecule has 0 radical (unpaired) electrons. The number of amides is 1. The molecule has 0 aromatic carbocycles. The highest BCUT2D eigenvalue weighted by atomic mass is 16.5. The largest absolute Gasteiger partial charge is 0.378 e. The lowest BCUT2D eigenvalue weighted by atomic mass is 10.2. The van der Waals surface area contributed by atoms with Crippen LogP contribution in [0.3, 0.4) is 0 Å². The van der Waals surface area contributed by atoms with Gasteiger partial charge in [0.1, 0.15) is 0 Å². The summed E-state index contributed by atoms with van der Waals surface area (Å²) in [6, 6.07) is 0.766. The Labute approximate surface area is 97.1 Å². The maximum Gasteiger partial charge on any atom is 0.222 e. The molecular formula is C12H22N2O2. The molecule has 16 heavy (non-hydrogen) atoms. The van der Waals surface area contributed by atoms with Crippen molar-refractivity contribution in [2.45, 2.75) is 50.7 Å².